The molecule has 2 N–H and O–H groups in total. The Hall–Kier alpha value is -1.59. The third-order valence-electron chi connectivity index (χ3n) is 2.84. The minimum absolute atomic E-state index is 0.536. The van der Waals surface area contributed by atoms with Crippen LogP contribution in [0.5, 0.6) is 5.75 Å². The molecular weight excluding hydrogens is 264 g/mol. The van der Waals surface area contributed by atoms with Crippen LogP contribution in [-0.2, 0) is 13.0 Å². The zero-order valence-corrected chi connectivity index (χ0v) is 11.6. The molecule has 2 rings (SSSR count). The van der Waals surface area contributed by atoms with Gasteiger partial charge in [-0.15, -0.1) is 5.10 Å². The zero-order chi connectivity index (χ0) is 13.7. The average Bonchev–Trinajstić information content (AvgIpc) is 2.75. The second-order valence-corrected chi connectivity index (χ2v) is 4.62. The summed E-state index contributed by atoms with van der Waals surface area (Å²) >= 11 is 5.81. The maximum Gasteiger partial charge on any atom is 0.119 e. The van der Waals surface area contributed by atoms with Gasteiger partial charge in [0.15, 0.2) is 0 Å². The smallest absolute Gasteiger partial charge is 0.119 e. The molecule has 0 unspecified atom stereocenters. The molecule has 0 saturated heterocycles. The topological polar surface area (TPSA) is 66.0 Å². The van der Waals surface area contributed by atoms with E-state index in [4.69, 9.17) is 22.1 Å². The molecule has 0 radical (unpaired) electrons. The van der Waals surface area contributed by atoms with Gasteiger partial charge in [-0.3, -0.25) is 0 Å². The lowest BCUT2D eigenvalue weighted by molar-refractivity contribution is 0.288. The number of nitrogens with zero attached hydrogens (tertiary/aromatic N) is 3. The summed E-state index contributed by atoms with van der Waals surface area (Å²) < 4.78 is 7.45. The number of benzene rings is 1. The first-order chi connectivity index (χ1) is 9.20. The van der Waals surface area contributed by atoms with Gasteiger partial charge in [0.2, 0.25) is 0 Å². The van der Waals surface area contributed by atoms with Crippen LogP contribution in [-0.4, -0.2) is 28.1 Å². The second-order valence-electron chi connectivity index (χ2n) is 4.19. The number of hydrogen-bond acceptors (Lipinski definition) is 4. The van der Waals surface area contributed by atoms with Crippen molar-refractivity contribution >= 4 is 11.6 Å². The summed E-state index contributed by atoms with van der Waals surface area (Å²) in [7, 11) is 0. The van der Waals surface area contributed by atoms with E-state index in [0.717, 1.165) is 23.6 Å². The molecule has 19 heavy (non-hydrogen) atoms. The molecule has 5 nitrogen and oxygen atoms in total. The Morgan fingerprint density at radius 2 is 2.05 bits per heavy atom. The van der Waals surface area contributed by atoms with Crippen LogP contribution in [0.4, 0.5) is 0 Å². The molecule has 0 aliphatic heterocycles. The second kappa shape index (κ2) is 6.54. The van der Waals surface area contributed by atoms with Gasteiger partial charge in [-0.25, -0.2) is 4.68 Å². The molecule has 0 spiro atoms. The number of ether oxygens (including phenoxy) is 1. The molecule has 0 amide bonds. The van der Waals surface area contributed by atoms with E-state index < -0.39 is 0 Å². The van der Waals surface area contributed by atoms with Crippen molar-refractivity contribution in [2.45, 2.75) is 19.9 Å². The number of halogens is 1. The molecular formula is C13H17ClN4O. The lowest BCUT2D eigenvalue weighted by atomic mass is 10.2. The van der Waals surface area contributed by atoms with Crippen LogP contribution in [0.2, 0.25) is 5.02 Å². The minimum atomic E-state index is 0.536. The summed E-state index contributed by atoms with van der Waals surface area (Å²) in [6.45, 7) is 3.77. The van der Waals surface area contributed by atoms with Crippen molar-refractivity contribution in [1.82, 2.24) is 15.0 Å². The predicted molar refractivity (Wildman–Crippen MR) is 74.5 cm³/mol. The van der Waals surface area contributed by atoms with Crippen LogP contribution >= 0.6 is 11.6 Å². The van der Waals surface area contributed by atoms with Crippen LogP contribution in [0.3, 0.4) is 0 Å². The fourth-order valence-corrected chi connectivity index (χ4v) is 1.88. The SMILES string of the molecule is Cc1c(CCN)nnn1CCOc1ccc(Cl)cc1. The third kappa shape index (κ3) is 3.68. The number of aromatic nitrogens is 3. The quantitative estimate of drug-likeness (QED) is 0.876. The molecule has 1 heterocycles. The Kier molecular flexibility index (Phi) is 4.76. The molecule has 0 atom stereocenters. The maximum absolute atomic E-state index is 5.81. The van der Waals surface area contributed by atoms with Gasteiger partial charge in [0.25, 0.3) is 0 Å². The normalized spacial score (nSPS) is 10.7. The van der Waals surface area contributed by atoms with E-state index in [1.807, 2.05) is 23.7 Å². The number of hydrogen-bond donors (Lipinski definition) is 1. The standard InChI is InChI=1S/C13H17ClN4O/c1-10-13(6-7-15)16-17-18(10)8-9-19-12-4-2-11(14)3-5-12/h2-5H,6-9,15H2,1H3. The molecule has 0 aliphatic carbocycles. The van der Waals surface area contributed by atoms with Crippen LogP contribution in [0, 0.1) is 6.92 Å². The van der Waals surface area contributed by atoms with Gasteiger partial charge in [-0.1, -0.05) is 16.8 Å². The fourth-order valence-electron chi connectivity index (χ4n) is 1.76. The fraction of sp³-hybridized carbons (Fsp3) is 0.385. The van der Waals surface area contributed by atoms with Crippen molar-refractivity contribution in [2.24, 2.45) is 5.73 Å². The Bertz CT molecular complexity index is 524. The zero-order valence-electron chi connectivity index (χ0n) is 10.8. The van der Waals surface area contributed by atoms with E-state index in [-0.39, 0.29) is 0 Å². The monoisotopic (exact) mass is 280 g/mol. The van der Waals surface area contributed by atoms with Gasteiger partial charge in [-0.05, 0) is 37.7 Å². The van der Waals surface area contributed by atoms with Gasteiger partial charge in [0.1, 0.15) is 12.4 Å². The van der Waals surface area contributed by atoms with Gasteiger partial charge in [0.05, 0.1) is 17.9 Å². The molecule has 1 aromatic heterocycles. The van der Waals surface area contributed by atoms with Crippen molar-refractivity contribution in [3.05, 3.63) is 40.7 Å². The van der Waals surface area contributed by atoms with E-state index in [0.29, 0.717) is 24.7 Å². The molecule has 1 aromatic carbocycles. The first kappa shape index (κ1) is 13.8. The van der Waals surface area contributed by atoms with Gasteiger partial charge < -0.3 is 10.5 Å². The van der Waals surface area contributed by atoms with E-state index in [1.165, 1.54) is 0 Å². The largest absolute Gasteiger partial charge is 0.492 e. The number of rotatable bonds is 6. The highest BCUT2D eigenvalue weighted by Crippen LogP contribution is 2.15. The summed E-state index contributed by atoms with van der Waals surface area (Å²) in [6.07, 6.45) is 0.754. The van der Waals surface area contributed by atoms with Crippen LogP contribution < -0.4 is 10.5 Å². The van der Waals surface area contributed by atoms with Crippen LogP contribution in [0.25, 0.3) is 0 Å². The van der Waals surface area contributed by atoms with Crippen LogP contribution in [0.15, 0.2) is 24.3 Å². The molecule has 6 heteroatoms. The van der Waals surface area contributed by atoms with Crippen molar-refractivity contribution in [3.63, 3.8) is 0 Å². The lowest BCUT2D eigenvalue weighted by Gasteiger charge is -2.07. The van der Waals surface area contributed by atoms with E-state index in [9.17, 15) is 0 Å². The Morgan fingerprint density at radius 3 is 2.74 bits per heavy atom. The first-order valence-corrected chi connectivity index (χ1v) is 6.56. The van der Waals surface area contributed by atoms with E-state index in [2.05, 4.69) is 10.3 Å². The van der Waals surface area contributed by atoms with E-state index >= 15 is 0 Å². The van der Waals surface area contributed by atoms with Gasteiger partial charge in [-0.2, -0.15) is 0 Å². The number of nitrogens with two attached hydrogens (primary N) is 1. The lowest BCUT2D eigenvalue weighted by Crippen LogP contribution is -2.11. The first-order valence-electron chi connectivity index (χ1n) is 6.18. The summed E-state index contributed by atoms with van der Waals surface area (Å²) in [4.78, 5) is 0. The predicted octanol–water partition coefficient (Wildman–Crippen LogP) is 1.82. The molecule has 102 valence electrons. The molecule has 0 fully saturated rings. The Morgan fingerprint density at radius 1 is 1.32 bits per heavy atom. The molecule has 0 saturated carbocycles. The maximum atomic E-state index is 5.81. The van der Waals surface area contributed by atoms with Gasteiger partial charge in [0, 0.05) is 11.4 Å². The van der Waals surface area contributed by atoms with Crippen molar-refractivity contribution in [1.29, 1.82) is 0 Å². The highest BCUT2D eigenvalue weighted by Gasteiger charge is 2.07. The highest BCUT2D eigenvalue weighted by atomic mass is 35.5. The average molecular weight is 281 g/mol. The summed E-state index contributed by atoms with van der Waals surface area (Å²) in [6, 6.07) is 7.29. The van der Waals surface area contributed by atoms with Gasteiger partial charge >= 0.3 is 0 Å². The molecule has 0 bridgehead atoms. The molecule has 2 aromatic rings. The Labute approximate surface area is 117 Å². The summed E-state index contributed by atoms with van der Waals surface area (Å²) in [5.74, 6) is 0.796. The summed E-state index contributed by atoms with van der Waals surface area (Å²) in [5, 5.41) is 8.89. The molecule has 0 aliphatic rings. The van der Waals surface area contributed by atoms with Crippen LogP contribution in [0.1, 0.15) is 11.4 Å². The highest BCUT2D eigenvalue weighted by molar-refractivity contribution is 6.30. The van der Waals surface area contributed by atoms with E-state index in [1.54, 1.807) is 12.1 Å². The third-order valence-corrected chi connectivity index (χ3v) is 3.10. The van der Waals surface area contributed by atoms with Crippen molar-refractivity contribution < 1.29 is 4.74 Å². The summed E-state index contributed by atoms with van der Waals surface area (Å²) in [5.41, 5.74) is 7.51. The minimum Gasteiger partial charge on any atom is -0.492 e. The van der Waals surface area contributed by atoms with Crippen molar-refractivity contribution in [3.8, 4) is 5.75 Å². The Balaban J connectivity index is 1.87. The van der Waals surface area contributed by atoms with Crippen molar-refractivity contribution in [2.75, 3.05) is 13.2 Å².